The van der Waals surface area contributed by atoms with Crippen molar-refractivity contribution in [3.8, 4) is 5.75 Å². The first-order valence-corrected chi connectivity index (χ1v) is 9.06. The summed E-state index contributed by atoms with van der Waals surface area (Å²) in [5.41, 5.74) is -0.0339. The molecule has 0 aromatic heterocycles. The van der Waals surface area contributed by atoms with Crippen molar-refractivity contribution in [3.05, 3.63) is 34.4 Å². The van der Waals surface area contributed by atoms with Crippen LogP contribution in [0, 0.1) is 10.1 Å². The van der Waals surface area contributed by atoms with E-state index in [0.29, 0.717) is 38.5 Å². The molecule has 9 nitrogen and oxygen atoms in total. The molecule has 3 rings (SSSR count). The van der Waals surface area contributed by atoms with Gasteiger partial charge in [0, 0.05) is 44.9 Å². The van der Waals surface area contributed by atoms with Gasteiger partial charge in [-0.3, -0.25) is 19.7 Å². The molecule has 2 aliphatic rings. The fourth-order valence-electron chi connectivity index (χ4n) is 3.28. The standard InChI is InChI=1S/C18H23N3O6/c1-13(27-15-6-4-14(5-7-15)21(24)25)17(22)19-8-10-20(11-9-19)18(23)16-3-2-12-26-16/h4-7,13,16H,2-3,8-12H2,1H3/t13-,16-/m0/s1. The Bertz CT molecular complexity index is 694. The first-order chi connectivity index (χ1) is 13.0. The van der Waals surface area contributed by atoms with E-state index in [9.17, 15) is 19.7 Å². The first-order valence-electron chi connectivity index (χ1n) is 9.06. The van der Waals surface area contributed by atoms with Gasteiger partial charge in [0.1, 0.15) is 11.9 Å². The second-order valence-electron chi connectivity index (χ2n) is 6.66. The van der Waals surface area contributed by atoms with Gasteiger partial charge in [0.05, 0.1) is 4.92 Å². The minimum absolute atomic E-state index is 0.00905. The Labute approximate surface area is 157 Å². The smallest absolute Gasteiger partial charge is 0.269 e. The van der Waals surface area contributed by atoms with Gasteiger partial charge in [0.15, 0.2) is 6.10 Å². The number of nitrogens with zero attached hydrogens (tertiary/aromatic N) is 3. The molecule has 27 heavy (non-hydrogen) atoms. The van der Waals surface area contributed by atoms with Crippen LogP contribution in [0.15, 0.2) is 24.3 Å². The molecule has 0 aliphatic carbocycles. The van der Waals surface area contributed by atoms with Crippen molar-refractivity contribution in [3.63, 3.8) is 0 Å². The quantitative estimate of drug-likeness (QED) is 0.565. The van der Waals surface area contributed by atoms with E-state index in [-0.39, 0.29) is 23.6 Å². The van der Waals surface area contributed by atoms with Crippen LogP contribution in [-0.2, 0) is 14.3 Å². The van der Waals surface area contributed by atoms with Gasteiger partial charge >= 0.3 is 0 Å². The van der Waals surface area contributed by atoms with Crippen LogP contribution in [0.3, 0.4) is 0 Å². The van der Waals surface area contributed by atoms with Crippen LogP contribution in [-0.4, -0.2) is 71.5 Å². The molecule has 146 valence electrons. The number of amides is 2. The van der Waals surface area contributed by atoms with E-state index < -0.39 is 11.0 Å². The average Bonchev–Trinajstić information content (AvgIpc) is 3.22. The molecule has 0 N–H and O–H groups in total. The van der Waals surface area contributed by atoms with E-state index in [1.165, 1.54) is 24.3 Å². The number of nitro benzene ring substituents is 1. The van der Waals surface area contributed by atoms with Crippen LogP contribution in [0.5, 0.6) is 5.75 Å². The third kappa shape index (κ3) is 4.54. The van der Waals surface area contributed by atoms with Crippen LogP contribution < -0.4 is 4.74 Å². The number of ether oxygens (including phenoxy) is 2. The molecular formula is C18H23N3O6. The number of carbonyl (C=O) groups is 2. The number of non-ortho nitro benzene ring substituents is 1. The van der Waals surface area contributed by atoms with Gasteiger partial charge in [-0.1, -0.05) is 0 Å². The Kier molecular flexibility index (Phi) is 5.90. The maximum absolute atomic E-state index is 12.6. The van der Waals surface area contributed by atoms with Crippen LogP contribution in [0.2, 0.25) is 0 Å². The van der Waals surface area contributed by atoms with Crippen molar-refractivity contribution >= 4 is 17.5 Å². The van der Waals surface area contributed by atoms with E-state index in [4.69, 9.17) is 9.47 Å². The second-order valence-corrected chi connectivity index (χ2v) is 6.66. The number of nitro groups is 1. The SMILES string of the molecule is C[C@H](Oc1ccc([N+](=O)[O-])cc1)C(=O)N1CCN(C(=O)[C@@H]2CCCO2)CC1. The Morgan fingerprint density at radius 2 is 1.81 bits per heavy atom. The van der Waals surface area contributed by atoms with Gasteiger partial charge in [-0.25, -0.2) is 0 Å². The van der Waals surface area contributed by atoms with Gasteiger partial charge in [0.25, 0.3) is 17.5 Å². The molecule has 0 radical (unpaired) electrons. The van der Waals surface area contributed by atoms with Gasteiger partial charge < -0.3 is 19.3 Å². The highest BCUT2D eigenvalue weighted by Gasteiger charge is 2.32. The maximum atomic E-state index is 12.6. The Hall–Kier alpha value is -2.68. The summed E-state index contributed by atoms with van der Waals surface area (Å²) in [6.07, 6.45) is 0.619. The molecule has 2 aliphatic heterocycles. The molecule has 2 fully saturated rings. The van der Waals surface area contributed by atoms with Gasteiger partial charge in [-0.15, -0.1) is 0 Å². The Morgan fingerprint density at radius 3 is 2.37 bits per heavy atom. The lowest BCUT2D eigenvalue weighted by Crippen LogP contribution is -2.54. The summed E-state index contributed by atoms with van der Waals surface area (Å²) in [5, 5.41) is 10.7. The van der Waals surface area contributed by atoms with Gasteiger partial charge in [0.2, 0.25) is 0 Å². The number of piperazine rings is 1. The Balaban J connectivity index is 1.49. The highest BCUT2D eigenvalue weighted by Crippen LogP contribution is 2.20. The summed E-state index contributed by atoms with van der Waals surface area (Å²) >= 11 is 0. The topological polar surface area (TPSA) is 102 Å². The van der Waals surface area contributed by atoms with Gasteiger partial charge in [-0.2, -0.15) is 0 Å². The fourth-order valence-corrected chi connectivity index (χ4v) is 3.28. The minimum atomic E-state index is -0.716. The minimum Gasteiger partial charge on any atom is -0.481 e. The summed E-state index contributed by atoms with van der Waals surface area (Å²) in [6.45, 7) is 4.14. The molecule has 9 heteroatoms. The fraction of sp³-hybridized carbons (Fsp3) is 0.556. The van der Waals surface area contributed by atoms with Crippen molar-refractivity contribution in [2.45, 2.75) is 32.0 Å². The lowest BCUT2D eigenvalue weighted by molar-refractivity contribution is -0.384. The van der Waals surface area contributed by atoms with Gasteiger partial charge in [-0.05, 0) is 31.9 Å². The van der Waals surface area contributed by atoms with Crippen LogP contribution >= 0.6 is 0 Å². The molecule has 2 saturated heterocycles. The van der Waals surface area contributed by atoms with Crippen molar-refractivity contribution in [2.75, 3.05) is 32.8 Å². The zero-order valence-electron chi connectivity index (χ0n) is 15.2. The Morgan fingerprint density at radius 1 is 1.19 bits per heavy atom. The van der Waals surface area contributed by atoms with E-state index >= 15 is 0 Å². The lowest BCUT2D eigenvalue weighted by atomic mass is 10.2. The highest BCUT2D eigenvalue weighted by molar-refractivity contribution is 5.83. The molecule has 1 aromatic carbocycles. The third-order valence-corrected chi connectivity index (χ3v) is 4.82. The predicted molar refractivity (Wildman–Crippen MR) is 95.3 cm³/mol. The summed E-state index contributed by atoms with van der Waals surface area (Å²) in [5.74, 6) is 0.237. The summed E-state index contributed by atoms with van der Waals surface area (Å²) in [7, 11) is 0. The first kappa shape index (κ1) is 19.1. The number of hydrogen-bond acceptors (Lipinski definition) is 6. The number of hydrogen-bond donors (Lipinski definition) is 0. The van der Waals surface area contributed by atoms with Crippen molar-refractivity contribution in [1.82, 2.24) is 9.80 Å². The zero-order chi connectivity index (χ0) is 19.4. The van der Waals surface area contributed by atoms with E-state index in [1.54, 1.807) is 16.7 Å². The average molecular weight is 377 g/mol. The molecule has 2 atom stereocenters. The predicted octanol–water partition coefficient (Wildman–Crippen LogP) is 1.21. The number of benzene rings is 1. The molecule has 0 saturated carbocycles. The molecule has 2 heterocycles. The summed E-state index contributed by atoms with van der Waals surface area (Å²) in [6, 6.07) is 5.62. The van der Waals surface area contributed by atoms with Crippen LogP contribution in [0.1, 0.15) is 19.8 Å². The molecular weight excluding hydrogens is 354 g/mol. The third-order valence-electron chi connectivity index (χ3n) is 4.82. The van der Waals surface area contributed by atoms with Crippen molar-refractivity contribution in [1.29, 1.82) is 0 Å². The largest absolute Gasteiger partial charge is 0.481 e. The lowest BCUT2D eigenvalue weighted by Gasteiger charge is -2.36. The molecule has 1 aromatic rings. The maximum Gasteiger partial charge on any atom is 0.269 e. The summed E-state index contributed by atoms with van der Waals surface area (Å²) in [4.78, 5) is 38.5. The van der Waals surface area contributed by atoms with Crippen LogP contribution in [0.4, 0.5) is 5.69 Å². The van der Waals surface area contributed by atoms with E-state index in [1.807, 2.05) is 0 Å². The molecule has 0 unspecified atom stereocenters. The molecule has 2 amide bonds. The zero-order valence-corrected chi connectivity index (χ0v) is 15.2. The van der Waals surface area contributed by atoms with Crippen LogP contribution in [0.25, 0.3) is 0 Å². The van der Waals surface area contributed by atoms with Crippen molar-refractivity contribution < 1.29 is 24.0 Å². The number of carbonyl (C=O) groups excluding carboxylic acids is 2. The molecule has 0 spiro atoms. The molecule has 0 bridgehead atoms. The number of rotatable bonds is 5. The monoisotopic (exact) mass is 377 g/mol. The van der Waals surface area contributed by atoms with E-state index in [2.05, 4.69) is 0 Å². The van der Waals surface area contributed by atoms with E-state index in [0.717, 1.165) is 12.8 Å². The normalized spacial score (nSPS) is 21.0. The van der Waals surface area contributed by atoms with Crippen molar-refractivity contribution in [2.24, 2.45) is 0 Å². The second kappa shape index (κ2) is 8.34. The highest BCUT2D eigenvalue weighted by atomic mass is 16.6. The summed E-state index contributed by atoms with van der Waals surface area (Å²) < 4.78 is 11.0.